The molecule has 2 N–H and O–H groups in total. The molecule has 5 heteroatoms. The number of carbonyl (C=O) groups is 1. The fourth-order valence-electron chi connectivity index (χ4n) is 2.54. The van der Waals surface area contributed by atoms with Crippen molar-refractivity contribution in [2.75, 3.05) is 39.8 Å². The summed E-state index contributed by atoms with van der Waals surface area (Å²) in [6, 6.07) is 7.79. The van der Waals surface area contributed by atoms with E-state index in [0.29, 0.717) is 6.54 Å². The highest BCUT2D eigenvalue weighted by molar-refractivity contribution is 5.78. The maximum atomic E-state index is 12.2. The molecule has 1 amide bonds. The molecule has 1 heterocycles. The van der Waals surface area contributed by atoms with Crippen LogP contribution < -0.4 is 15.4 Å². The maximum absolute atomic E-state index is 12.2. The molecule has 1 aromatic carbocycles. The standard InChI is InChI=1S/C16H25N3O2/c1-13(14-5-3-6-15(11-14)21-2)18-16(20)12-19-9-4-7-17-8-10-19/h3,5-6,11,13,17H,4,7-10,12H2,1-2H3,(H,18,20)/t13-/m1/s1. The van der Waals surface area contributed by atoms with E-state index in [4.69, 9.17) is 4.74 Å². The van der Waals surface area contributed by atoms with Gasteiger partial charge < -0.3 is 15.4 Å². The van der Waals surface area contributed by atoms with E-state index in [0.717, 1.165) is 43.9 Å². The van der Waals surface area contributed by atoms with Gasteiger partial charge in [0, 0.05) is 13.1 Å². The average molecular weight is 291 g/mol. The van der Waals surface area contributed by atoms with E-state index >= 15 is 0 Å². The van der Waals surface area contributed by atoms with Crippen LogP contribution in [0.3, 0.4) is 0 Å². The van der Waals surface area contributed by atoms with Crippen LogP contribution in [0.1, 0.15) is 24.9 Å². The van der Waals surface area contributed by atoms with Crippen LogP contribution in [0.2, 0.25) is 0 Å². The molecule has 0 radical (unpaired) electrons. The van der Waals surface area contributed by atoms with Crippen molar-refractivity contribution in [1.82, 2.24) is 15.5 Å². The predicted molar refractivity (Wildman–Crippen MR) is 83.5 cm³/mol. The molecule has 1 aliphatic rings. The second-order valence-corrected chi connectivity index (χ2v) is 5.45. The average Bonchev–Trinajstić information content (AvgIpc) is 2.75. The minimum absolute atomic E-state index is 0.0160. The van der Waals surface area contributed by atoms with Crippen LogP contribution in [-0.2, 0) is 4.79 Å². The molecular formula is C16H25N3O2. The van der Waals surface area contributed by atoms with Gasteiger partial charge in [-0.1, -0.05) is 12.1 Å². The first-order valence-electron chi connectivity index (χ1n) is 7.55. The number of amides is 1. The van der Waals surface area contributed by atoms with E-state index in [1.54, 1.807) is 7.11 Å². The SMILES string of the molecule is COc1cccc([C@@H](C)NC(=O)CN2CCCNCC2)c1. The Morgan fingerprint density at radius 2 is 2.29 bits per heavy atom. The van der Waals surface area contributed by atoms with Gasteiger partial charge in [-0.15, -0.1) is 0 Å². The number of nitrogens with zero attached hydrogens (tertiary/aromatic N) is 1. The zero-order valence-corrected chi connectivity index (χ0v) is 12.9. The molecule has 1 aromatic rings. The third-order valence-electron chi connectivity index (χ3n) is 3.77. The number of ether oxygens (including phenoxy) is 1. The van der Waals surface area contributed by atoms with Crippen molar-refractivity contribution >= 4 is 5.91 Å². The van der Waals surface area contributed by atoms with Crippen LogP contribution in [0.15, 0.2) is 24.3 Å². The largest absolute Gasteiger partial charge is 0.497 e. The molecular weight excluding hydrogens is 266 g/mol. The molecule has 1 atom stereocenters. The minimum Gasteiger partial charge on any atom is -0.497 e. The summed E-state index contributed by atoms with van der Waals surface area (Å²) in [6.45, 7) is 6.37. The fourth-order valence-corrected chi connectivity index (χ4v) is 2.54. The number of nitrogens with one attached hydrogen (secondary N) is 2. The molecule has 1 fully saturated rings. The van der Waals surface area contributed by atoms with Gasteiger partial charge in [0.15, 0.2) is 0 Å². The predicted octanol–water partition coefficient (Wildman–Crippen LogP) is 1.17. The number of methoxy groups -OCH3 is 1. The summed E-state index contributed by atoms with van der Waals surface area (Å²) in [7, 11) is 1.65. The van der Waals surface area contributed by atoms with Crippen molar-refractivity contribution in [1.29, 1.82) is 0 Å². The molecule has 0 spiro atoms. The lowest BCUT2D eigenvalue weighted by Crippen LogP contribution is -2.39. The molecule has 116 valence electrons. The number of hydrogen-bond donors (Lipinski definition) is 2. The summed E-state index contributed by atoms with van der Waals surface area (Å²) in [5.41, 5.74) is 1.06. The van der Waals surface area contributed by atoms with Gasteiger partial charge in [-0.2, -0.15) is 0 Å². The molecule has 5 nitrogen and oxygen atoms in total. The van der Waals surface area contributed by atoms with Crippen LogP contribution in [0.5, 0.6) is 5.75 Å². The number of rotatable bonds is 5. The Hall–Kier alpha value is -1.59. The molecule has 21 heavy (non-hydrogen) atoms. The van der Waals surface area contributed by atoms with Gasteiger partial charge in [0.05, 0.1) is 19.7 Å². The first-order valence-corrected chi connectivity index (χ1v) is 7.55. The van der Waals surface area contributed by atoms with E-state index in [1.807, 2.05) is 31.2 Å². The highest BCUT2D eigenvalue weighted by Crippen LogP contribution is 2.18. The number of carbonyl (C=O) groups excluding carboxylic acids is 1. The minimum atomic E-state index is -0.0160. The molecule has 1 saturated heterocycles. The number of hydrogen-bond acceptors (Lipinski definition) is 4. The van der Waals surface area contributed by atoms with Crippen LogP contribution in [-0.4, -0.2) is 50.6 Å². The fraction of sp³-hybridized carbons (Fsp3) is 0.562. The third kappa shape index (κ3) is 5.02. The summed E-state index contributed by atoms with van der Waals surface area (Å²) < 4.78 is 5.22. The second kappa shape index (κ2) is 8.00. The topological polar surface area (TPSA) is 53.6 Å². The normalized spacial score (nSPS) is 17.8. The van der Waals surface area contributed by atoms with Gasteiger partial charge in [0.25, 0.3) is 0 Å². The van der Waals surface area contributed by atoms with Crippen molar-refractivity contribution in [3.63, 3.8) is 0 Å². The summed E-state index contributed by atoms with van der Waals surface area (Å²) in [5, 5.41) is 6.40. The molecule has 2 rings (SSSR count). The molecule has 0 bridgehead atoms. The van der Waals surface area contributed by atoms with Crippen molar-refractivity contribution in [2.24, 2.45) is 0 Å². The molecule has 0 unspecified atom stereocenters. The Balaban J connectivity index is 1.85. The Labute approximate surface area is 126 Å². The van der Waals surface area contributed by atoms with Crippen LogP contribution in [0, 0.1) is 0 Å². The summed E-state index contributed by atoms with van der Waals surface area (Å²) in [4.78, 5) is 14.4. The van der Waals surface area contributed by atoms with Crippen molar-refractivity contribution in [3.8, 4) is 5.75 Å². The van der Waals surface area contributed by atoms with Crippen molar-refractivity contribution in [2.45, 2.75) is 19.4 Å². The first kappa shape index (κ1) is 15.8. The number of benzene rings is 1. The molecule has 0 aliphatic carbocycles. The monoisotopic (exact) mass is 291 g/mol. The lowest BCUT2D eigenvalue weighted by Gasteiger charge is -2.21. The van der Waals surface area contributed by atoms with Gasteiger partial charge in [0.2, 0.25) is 5.91 Å². The molecule has 0 saturated carbocycles. The van der Waals surface area contributed by atoms with Gasteiger partial charge in [-0.3, -0.25) is 9.69 Å². The highest BCUT2D eigenvalue weighted by atomic mass is 16.5. The Bertz CT molecular complexity index is 457. The zero-order valence-electron chi connectivity index (χ0n) is 12.9. The maximum Gasteiger partial charge on any atom is 0.234 e. The van der Waals surface area contributed by atoms with E-state index in [-0.39, 0.29) is 11.9 Å². The van der Waals surface area contributed by atoms with Gasteiger partial charge >= 0.3 is 0 Å². The summed E-state index contributed by atoms with van der Waals surface area (Å²) >= 11 is 0. The second-order valence-electron chi connectivity index (χ2n) is 5.45. The van der Waals surface area contributed by atoms with Crippen molar-refractivity contribution < 1.29 is 9.53 Å². The van der Waals surface area contributed by atoms with Gasteiger partial charge in [-0.05, 0) is 44.1 Å². The third-order valence-corrected chi connectivity index (χ3v) is 3.77. The van der Waals surface area contributed by atoms with Gasteiger partial charge in [-0.25, -0.2) is 0 Å². The quantitative estimate of drug-likeness (QED) is 0.855. The first-order chi connectivity index (χ1) is 10.2. The van der Waals surface area contributed by atoms with Crippen LogP contribution in [0.4, 0.5) is 0 Å². The van der Waals surface area contributed by atoms with E-state index in [9.17, 15) is 4.79 Å². The Kier molecular flexibility index (Phi) is 6.02. The van der Waals surface area contributed by atoms with Gasteiger partial charge in [0.1, 0.15) is 5.75 Å². The summed E-state index contributed by atoms with van der Waals surface area (Å²) in [6.07, 6.45) is 1.10. The van der Waals surface area contributed by atoms with E-state index < -0.39 is 0 Å². The lowest BCUT2D eigenvalue weighted by molar-refractivity contribution is -0.122. The molecule has 1 aliphatic heterocycles. The lowest BCUT2D eigenvalue weighted by atomic mass is 10.1. The smallest absolute Gasteiger partial charge is 0.234 e. The Morgan fingerprint density at radius 3 is 3.10 bits per heavy atom. The van der Waals surface area contributed by atoms with E-state index in [1.165, 1.54) is 0 Å². The molecule has 0 aromatic heterocycles. The zero-order chi connectivity index (χ0) is 15.1. The van der Waals surface area contributed by atoms with Crippen molar-refractivity contribution in [3.05, 3.63) is 29.8 Å². The summed E-state index contributed by atoms with van der Waals surface area (Å²) in [5.74, 6) is 0.888. The van der Waals surface area contributed by atoms with E-state index in [2.05, 4.69) is 15.5 Å². The van der Waals surface area contributed by atoms with Crippen LogP contribution in [0.25, 0.3) is 0 Å². The van der Waals surface area contributed by atoms with Crippen LogP contribution >= 0.6 is 0 Å². The Morgan fingerprint density at radius 1 is 1.43 bits per heavy atom. The highest BCUT2D eigenvalue weighted by Gasteiger charge is 2.15.